The van der Waals surface area contributed by atoms with Crippen LogP contribution in [0, 0.1) is 0 Å². The maximum absolute atomic E-state index is 12.5. The van der Waals surface area contributed by atoms with Crippen LogP contribution in [0.4, 0.5) is 0 Å². The van der Waals surface area contributed by atoms with Crippen molar-refractivity contribution in [3.63, 3.8) is 0 Å². The molecule has 1 N–H and O–H groups in total. The molecule has 0 aliphatic heterocycles. The van der Waals surface area contributed by atoms with Gasteiger partial charge in [-0.05, 0) is 17.5 Å². The Hall–Kier alpha value is -2.62. The Labute approximate surface area is 142 Å². The minimum atomic E-state index is -0.602. The van der Waals surface area contributed by atoms with E-state index in [1.165, 1.54) is 7.11 Å². The molecule has 0 aromatic heterocycles. The molecular formula is C20H23NO3. The highest BCUT2D eigenvalue weighted by Crippen LogP contribution is 2.27. The molecule has 4 nitrogen and oxygen atoms in total. The van der Waals surface area contributed by atoms with Gasteiger partial charge >= 0.3 is 5.97 Å². The third-order valence-corrected chi connectivity index (χ3v) is 4.02. The summed E-state index contributed by atoms with van der Waals surface area (Å²) in [6.45, 7) is 1.84. The third-order valence-electron chi connectivity index (χ3n) is 4.02. The van der Waals surface area contributed by atoms with Gasteiger partial charge in [0.05, 0.1) is 7.11 Å². The van der Waals surface area contributed by atoms with E-state index in [9.17, 15) is 9.59 Å². The molecule has 2 aromatic carbocycles. The number of esters is 1. The Morgan fingerprint density at radius 2 is 1.46 bits per heavy atom. The third kappa shape index (κ3) is 4.69. The largest absolute Gasteiger partial charge is 0.467 e. The summed E-state index contributed by atoms with van der Waals surface area (Å²) in [6, 6.07) is 19.2. The van der Waals surface area contributed by atoms with E-state index in [1.807, 2.05) is 67.6 Å². The number of amides is 1. The minimum Gasteiger partial charge on any atom is -0.467 e. The van der Waals surface area contributed by atoms with Crippen LogP contribution in [0.5, 0.6) is 0 Å². The molecule has 0 heterocycles. The van der Waals surface area contributed by atoms with E-state index in [1.54, 1.807) is 0 Å². The zero-order valence-electron chi connectivity index (χ0n) is 14.1. The van der Waals surface area contributed by atoms with Crippen molar-refractivity contribution in [3.8, 4) is 0 Å². The number of hydrogen-bond acceptors (Lipinski definition) is 3. The first-order chi connectivity index (χ1) is 11.7. The van der Waals surface area contributed by atoms with Crippen LogP contribution < -0.4 is 5.32 Å². The SMILES string of the molecule is CCC(NC(=O)CC(c1ccccc1)c1ccccc1)C(=O)OC. The second-order valence-corrected chi connectivity index (χ2v) is 5.63. The molecule has 0 saturated heterocycles. The van der Waals surface area contributed by atoms with Crippen molar-refractivity contribution in [3.05, 3.63) is 71.8 Å². The van der Waals surface area contributed by atoms with E-state index in [4.69, 9.17) is 4.74 Å². The summed E-state index contributed by atoms with van der Waals surface area (Å²) in [5, 5.41) is 2.77. The smallest absolute Gasteiger partial charge is 0.328 e. The normalized spacial score (nSPS) is 11.8. The molecule has 0 radical (unpaired) electrons. The first-order valence-electron chi connectivity index (χ1n) is 8.12. The lowest BCUT2D eigenvalue weighted by molar-refractivity contribution is -0.145. The van der Waals surface area contributed by atoms with Gasteiger partial charge in [0.2, 0.25) is 5.91 Å². The molecule has 1 atom stereocenters. The molecule has 0 aliphatic carbocycles. The summed E-state index contributed by atoms with van der Waals surface area (Å²) in [5.41, 5.74) is 2.15. The number of nitrogens with one attached hydrogen (secondary N) is 1. The number of carbonyl (C=O) groups is 2. The van der Waals surface area contributed by atoms with Gasteiger partial charge in [-0.15, -0.1) is 0 Å². The van der Waals surface area contributed by atoms with Crippen LogP contribution in [0.25, 0.3) is 0 Å². The summed E-state index contributed by atoms with van der Waals surface area (Å²) in [6.07, 6.45) is 0.779. The molecule has 0 aliphatic rings. The molecule has 1 amide bonds. The second-order valence-electron chi connectivity index (χ2n) is 5.63. The molecule has 0 fully saturated rings. The van der Waals surface area contributed by atoms with E-state index in [0.29, 0.717) is 6.42 Å². The summed E-state index contributed by atoms with van der Waals surface area (Å²) in [7, 11) is 1.33. The highest BCUT2D eigenvalue weighted by molar-refractivity contribution is 5.85. The van der Waals surface area contributed by atoms with E-state index < -0.39 is 12.0 Å². The second kappa shape index (κ2) is 8.87. The Balaban J connectivity index is 2.17. The Morgan fingerprint density at radius 1 is 0.958 bits per heavy atom. The maximum Gasteiger partial charge on any atom is 0.328 e. The van der Waals surface area contributed by atoms with Gasteiger partial charge in [-0.1, -0.05) is 67.6 Å². The number of rotatable bonds is 7. The van der Waals surface area contributed by atoms with E-state index in [2.05, 4.69) is 5.32 Å². The van der Waals surface area contributed by atoms with E-state index in [-0.39, 0.29) is 18.2 Å². The average Bonchev–Trinajstić information content (AvgIpc) is 2.65. The Morgan fingerprint density at radius 3 is 1.88 bits per heavy atom. The van der Waals surface area contributed by atoms with Crippen molar-refractivity contribution in [1.29, 1.82) is 0 Å². The molecule has 2 rings (SSSR count). The molecule has 0 spiro atoms. The summed E-state index contributed by atoms with van der Waals surface area (Å²) >= 11 is 0. The average molecular weight is 325 g/mol. The van der Waals surface area contributed by atoms with Crippen LogP contribution in [0.1, 0.15) is 36.8 Å². The zero-order valence-corrected chi connectivity index (χ0v) is 14.1. The number of carbonyl (C=O) groups excluding carboxylic acids is 2. The molecule has 2 aromatic rings. The molecule has 4 heteroatoms. The van der Waals surface area contributed by atoms with Crippen molar-refractivity contribution in [1.82, 2.24) is 5.32 Å². The van der Waals surface area contributed by atoms with Crippen molar-refractivity contribution in [2.24, 2.45) is 0 Å². The predicted molar refractivity (Wildman–Crippen MR) is 93.6 cm³/mol. The van der Waals surface area contributed by atoms with Gasteiger partial charge in [-0.25, -0.2) is 4.79 Å². The van der Waals surface area contributed by atoms with Crippen LogP contribution in [-0.4, -0.2) is 25.0 Å². The topological polar surface area (TPSA) is 55.4 Å². The molecule has 0 bridgehead atoms. The van der Waals surface area contributed by atoms with Crippen molar-refractivity contribution in [2.45, 2.75) is 31.7 Å². The maximum atomic E-state index is 12.5. The summed E-state index contributed by atoms with van der Waals surface area (Å²) < 4.78 is 4.72. The molecular weight excluding hydrogens is 302 g/mol. The van der Waals surface area contributed by atoms with Gasteiger partial charge in [-0.3, -0.25) is 4.79 Å². The first kappa shape index (κ1) is 17.7. The van der Waals surface area contributed by atoms with Gasteiger partial charge in [0, 0.05) is 12.3 Å². The number of methoxy groups -OCH3 is 1. The molecule has 1 unspecified atom stereocenters. The molecule has 126 valence electrons. The van der Waals surface area contributed by atoms with Crippen molar-refractivity contribution >= 4 is 11.9 Å². The Bertz CT molecular complexity index is 616. The van der Waals surface area contributed by atoms with Crippen LogP contribution in [0.2, 0.25) is 0 Å². The first-order valence-corrected chi connectivity index (χ1v) is 8.12. The van der Waals surface area contributed by atoms with Gasteiger partial charge in [-0.2, -0.15) is 0 Å². The van der Waals surface area contributed by atoms with Gasteiger partial charge in [0.1, 0.15) is 6.04 Å². The highest BCUT2D eigenvalue weighted by atomic mass is 16.5. The summed E-state index contributed by atoms with van der Waals surface area (Å²) in [5.74, 6) is -0.630. The Kier molecular flexibility index (Phi) is 6.55. The van der Waals surface area contributed by atoms with E-state index in [0.717, 1.165) is 11.1 Å². The molecule has 24 heavy (non-hydrogen) atoms. The number of hydrogen-bond donors (Lipinski definition) is 1. The number of benzene rings is 2. The minimum absolute atomic E-state index is 0.0532. The van der Waals surface area contributed by atoms with Gasteiger partial charge in [0.15, 0.2) is 0 Å². The zero-order chi connectivity index (χ0) is 17.4. The van der Waals surface area contributed by atoms with Crippen LogP contribution in [0.15, 0.2) is 60.7 Å². The highest BCUT2D eigenvalue weighted by Gasteiger charge is 2.23. The summed E-state index contributed by atoms with van der Waals surface area (Å²) in [4.78, 5) is 24.1. The van der Waals surface area contributed by atoms with Gasteiger partial charge < -0.3 is 10.1 Å². The van der Waals surface area contributed by atoms with Crippen LogP contribution in [0.3, 0.4) is 0 Å². The van der Waals surface area contributed by atoms with Crippen molar-refractivity contribution < 1.29 is 14.3 Å². The van der Waals surface area contributed by atoms with Crippen LogP contribution in [-0.2, 0) is 14.3 Å². The van der Waals surface area contributed by atoms with Crippen molar-refractivity contribution in [2.75, 3.05) is 7.11 Å². The van der Waals surface area contributed by atoms with E-state index >= 15 is 0 Å². The fraction of sp³-hybridized carbons (Fsp3) is 0.300. The monoisotopic (exact) mass is 325 g/mol. The lowest BCUT2D eigenvalue weighted by Gasteiger charge is -2.20. The lowest BCUT2D eigenvalue weighted by Crippen LogP contribution is -2.41. The quantitative estimate of drug-likeness (QED) is 0.795. The standard InChI is InChI=1S/C20H23NO3/c1-3-18(20(23)24-2)21-19(22)14-17(15-10-6-4-7-11-15)16-12-8-5-9-13-16/h4-13,17-18H,3,14H2,1-2H3,(H,21,22). The lowest BCUT2D eigenvalue weighted by atomic mass is 9.88. The van der Waals surface area contributed by atoms with Crippen LogP contribution >= 0.6 is 0 Å². The number of ether oxygens (including phenoxy) is 1. The predicted octanol–water partition coefficient (Wildman–Crippen LogP) is 3.28. The fourth-order valence-electron chi connectivity index (χ4n) is 2.71. The van der Waals surface area contributed by atoms with Gasteiger partial charge in [0.25, 0.3) is 0 Å². The molecule has 0 saturated carbocycles. The fourth-order valence-corrected chi connectivity index (χ4v) is 2.71.